The fourth-order valence-corrected chi connectivity index (χ4v) is 2.75. The largest absolute Gasteiger partial charge is 0.714 e. The molecular formula is C19H22N7O3. The first-order valence-corrected chi connectivity index (χ1v) is 8.91. The smallest absolute Gasteiger partial charge is 0.354 e. The fraction of sp³-hybridized carbons (Fsp3) is 0.316. The van der Waals surface area contributed by atoms with Crippen molar-refractivity contribution in [2.24, 2.45) is 10.8 Å². The second-order valence-electron chi connectivity index (χ2n) is 7.59. The molecule has 0 aliphatic carbocycles. The number of nitrogens with zero attached hydrogens (tertiary/aromatic N) is 5. The Labute approximate surface area is 167 Å². The van der Waals surface area contributed by atoms with Crippen LogP contribution in [-0.4, -0.2) is 48.4 Å². The van der Waals surface area contributed by atoms with Gasteiger partial charge < -0.3 is 10.9 Å². The minimum atomic E-state index is -1.03. The van der Waals surface area contributed by atoms with Gasteiger partial charge in [0.2, 0.25) is 5.84 Å². The molecule has 2 aromatic rings. The topological polar surface area (TPSA) is 142 Å². The number of hydrazone groups is 1. The van der Waals surface area contributed by atoms with Crippen molar-refractivity contribution in [3.8, 4) is 11.4 Å². The average molecular weight is 396 g/mol. The van der Waals surface area contributed by atoms with Gasteiger partial charge in [-0.05, 0) is 52.0 Å². The average Bonchev–Trinajstić information content (AvgIpc) is 2.83. The van der Waals surface area contributed by atoms with E-state index >= 15 is 0 Å². The molecule has 0 atom stereocenters. The maximum Gasteiger partial charge on any atom is 0.354 e. The molecule has 2 aromatic heterocycles. The van der Waals surface area contributed by atoms with Gasteiger partial charge in [0, 0.05) is 11.4 Å². The lowest BCUT2D eigenvalue weighted by Crippen LogP contribution is -2.53. The molecule has 1 aliphatic rings. The molecule has 0 saturated heterocycles. The number of nitrogens with one attached hydrogen (secondary N) is 1. The highest BCUT2D eigenvalue weighted by Crippen LogP contribution is 2.35. The van der Waals surface area contributed by atoms with Crippen LogP contribution in [0.3, 0.4) is 0 Å². The lowest BCUT2D eigenvalue weighted by atomic mass is 9.84. The Balaban J connectivity index is 1.82. The first-order chi connectivity index (χ1) is 13.6. The van der Waals surface area contributed by atoms with Gasteiger partial charge in [0.25, 0.3) is 5.91 Å². The molecule has 10 nitrogen and oxygen atoms in total. The highest BCUT2D eigenvalue weighted by molar-refractivity contribution is 6.38. The molecule has 0 unspecified atom stereocenters. The quantitative estimate of drug-likeness (QED) is 0.262. The van der Waals surface area contributed by atoms with Gasteiger partial charge in [0.05, 0.1) is 11.4 Å². The molecule has 151 valence electrons. The number of hydrogen-bond acceptors (Lipinski definition) is 6. The predicted molar refractivity (Wildman–Crippen MR) is 106 cm³/mol. The monoisotopic (exact) mass is 396 g/mol. The van der Waals surface area contributed by atoms with E-state index in [1.54, 1.807) is 58.2 Å². The lowest BCUT2D eigenvalue weighted by molar-refractivity contribution is -0.538. The normalized spacial score (nSPS) is 18.1. The van der Waals surface area contributed by atoms with Gasteiger partial charge in [-0.25, -0.2) is 10.4 Å². The van der Waals surface area contributed by atoms with E-state index in [2.05, 4.69) is 20.5 Å². The van der Waals surface area contributed by atoms with Gasteiger partial charge in [-0.2, -0.15) is 0 Å². The minimum Gasteiger partial charge on any atom is -0.714 e. The van der Waals surface area contributed by atoms with Gasteiger partial charge in [-0.1, -0.05) is 17.2 Å². The number of hydroxylamine groups is 3. The third kappa shape index (κ3) is 3.38. The number of aromatic nitrogens is 2. The summed E-state index contributed by atoms with van der Waals surface area (Å²) in [5.74, 6) is -1.38. The van der Waals surface area contributed by atoms with Crippen LogP contribution >= 0.6 is 0 Å². The summed E-state index contributed by atoms with van der Waals surface area (Å²) in [7, 11) is 0. The highest BCUT2D eigenvalue weighted by atomic mass is 16.5. The molecule has 0 fully saturated rings. The maximum absolute atomic E-state index is 12.6. The molecule has 3 N–H and O–H groups in total. The van der Waals surface area contributed by atoms with Gasteiger partial charge in [-0.3, -0.25) is 14.5 Å². The number of pyridine rings is 2. The Hall–Kier alpha value is -3.53. The van der Waals surface area contributed by atoms with E-state index < -0.39 is 17.0 Å². The van der Waals surface area contributed by atoms with Crippen LogP contribution in [0.4, 0.5) is 0 Å². The summed E-state index contributed by atoms with van der Waals surface area (Å²) >= 11 is 0. The number of amidine groups is 2. The number of nitrogens with two attached hydrogens (primary N) is 1. The van der Waals surface area contributed by atoms with Crippen molar-refractivity contribution in [1.29, 1.82) is 0 Å². The van der Waals surface area contributed by atoms with Crippen molar-refractivity contribution in [3.05, 3.63) is 53.5 Å². The molecule has 0 bridgehead atoms. The van der Waals surface area contributed by atoms with E-state index in [1.165, 1.54) is 6.07 Å². The molecule has 29 heavy (non-hydrogen) atoms. The highest BCUT2D eigenvalue weighted by Gasteiger charge is 2.60. The molecular weight excluding hydrogens is 374 g/mol. The Morgan fingerprint density at radius 3 is 2.45 bits per heavy atom. The molecule has 3 heterocycles. The van der Waals surface area contributed by atoms with Crippen molar-refractivity contribution < 1.29 is 14.7 Å². The Morgan fingerprint density at radius 2 is 1.86 bits per heavy atom. The summed E-state index contributed by atoms with van der Waals surface area (Å²) < 4.78 is 0.519. The molecule has 1 amide bonds. The summed E-state index contributed by atoms with van der Waals surface area (Å²) in [6.45, 7) is 6.54. The van der Waals surface area contributed by atoms with E-state index in [0.717, 1.165) is 0 Å². The van der Waals surface area contributed by atoms with Crippen molar-refractivity contribution in [1.82, 2.24) is 20.5 Å². The first kappa shape index (κ1) is 20.2. The number of carbonyl (C=O) groups excluding carboxylic acids is 1. The van der Waals surface area contributed by atoms with E-state index in [9.17, 15) is 15.2 Å². The lowest BCUT2D eigenvalue weighted by Gasteiger charge is -2.32. The zero-order valence-corrected chi connectivity index (χ0v) is 16.6. The van der Waals surface area contributed by atoms with E-state index in [0.29, 0.717) is 21.2 Å². The standard InChI is InChI=1S/C19H22N7O3/c1-18(2)19(3,4)26(29)17(25(18)28)15(20)23-24-16(27)14-10-7-9-13(22-14)12-8-5-6-11-21-12/h5-11H,1-4H3,(H2,20,23)(H,24,27). The first-order valence-electron chi connectivity index (χ1n) is 8.91. The van der Waals surface area contributed by atoms with Crippen LogP contribution in [0.15, 0.2) is 47.7 Å². The summed E-state index contributed by atoms with van der Waals surface area (Å²) in [5, 5.41) is 29.4. The number of rotatable bonds is 4. The number of hydrogen-bond donors (Lipinski definition) is 2. The maximum atomic E-state index is 12.6. The third-order valence-electron chi connectivity index (χ3n) is 5.31. The van der Waals surface area contributed by atoms with Crippen LogP contribution in [0.25, 0.3) is 11.4 Å². The van der Waals surface area contributed by atoms with Gasteiger partial charge >= 0.3 is 5.84 Å². The molecule has 0 spiro atoms. The summed E-state index contributed by atoms with van der Waals surface area (Å²) in [6.07, 6.45) is 1.62. The molecule has 0 saturated carbocycles. The van der Waals surface area contributed by atoms with E-state index in [-0.39, 0.29) is 17.4 Å². The van der Waals surface area contributed by atoms with Crippen LogP contribution in [0.1, 0.15) is 38.2 Å². The van der Waals surface area contributed by atoms with Crippen LogP contribution in [0, 0.1) is 5.21 Å². The number of amides is 1. The van der Waals surface area contributed by atoms with Crippen molar-refractivity contribution in [2.75, 3.05) is 0 Å². The zero-order valence-electron chi connectivity index (χ0n) is 16.6. The predicted octanol–water partition coefficient (Wildman–Crippen LogP) is 1.27. The van der Waals surface area contributed by atoms with Crippen LogP contribution in [-0.2, 0) is 5.21 Å². The molecule has 10 heteroatoms. The second-order valence-corrected chi connectivity index (χ2v) is 7.59. The SMILES string of the molecule is CC1(C)N([O])C(/C(N)=N/NC(=O)c2cccc(-c3ccccn3)n2)=[N+]([O-])C1(C)C. The fourth-order valence-electron chi connectivity index (χ4n) is 2.75. The van der Waals surface area contributed by atoms with E-state index in [4.69, 9.17) is 5.73 Å². The van der Waals surface area contributed by atoms with Crippen LogP contribution in [0.5, 0.6) is 0 Å². The third-order valence-corrected chi connectivity index (χ3v) is 5.31. The Bertz CT molecular complexity index is 1000. The summed E-state index contributed by atoms with van der Waals surface area (Å²) in [6, 6.07) is 10.2. The van der Waals surface area contributed by atoms with Gasteiger partial charge in [-0.15, -0.1) is 5.10 Å². The molecule has 1 aliphatic heterocycles. The van der Waals surface area contributed by atoms with Crippen LogP contribution < -0.4 is 11.2 Å². The van der Waals surface area contributed by atoms with Gasteiger partial charge in [0.1, 0.15) is 11.2 Å². The molecule has 3 rings (SSSR count). The zero-order chi connectivity index (χ0) is 21.4. The van der Waals surface area contributed by atoms with Crippen molar-refractivity contribution >= 4 is 17.6 Å². The molecule has 0 aromatic carbocycles. The van der Waals surface area contributed by atoms with Crippen LogP contribution in [0.2, 0.25) is 0 Å². The van der Waals surface area contributed by atoms with Gasteiger partial charge in [0.15, 0.2) is 5.54 Å². The van der Waals surface area contributed by atoms with Crippen molar-refractivity contribution in [3.63, 3.8) is 0 Å². The summed E-state index contributed by atoms with van der Waals surface area (Å²) in [4.78, 5) is 20.9. The summed E-state index contributed by atoms with van der Waals surface area (Å²) in [5.41, 5.74) is 7.21. The Kier molecular flexibility index (Phi) is 4.97. The second kappa shape index (κ2) is 7.13. The number of carbonyl (C=O) groups is 1. The van der Waals surface area contributed by atoms with E-state index in [1.807, 2.05) is 6.07 Å². The minimum absolute atomic E-state index is 0.0831. The van der Waals surface area contributed by atoms with Crippen molar-refractivity contribution in [2.45, 2.75) is 38.8 Å². The Morgan fingerprint density at radius 1 is 1.17 bits per heavy atom. The molecule has 1 radical (unpaired) electrons.